The van der Waals surface area contributed by atoms with Gasteiger partial charge in [0.2, 0.25) is 15.9 Å². The topological polar surface area (TPSA) is 156 Å². The predicted octanol–water partition coefficient (Wildman–Crippen LogP) is -0.705. The molecule has 1 rings (SSSR count). The SMILES string of the molecule is CCNC(=O)CNS(=O)(=O)c1ccc([N+](=O)[O-])c(NN)c1. The quantitative estimate of drug-likeness (QED) is 0.294. The van der Waals surface area contributed by atoms with Crippen LogP contribution in [0.3, 0.4) is 0 Å². The zero-order chi connectivity index (χ0) is 16.0. The monoisotopic (exact) mass is 317 g/mol. The summed E-state index contributed by atoms with van der Waals surface area (Å²) in [6.45, 7) is 1.64. The van der Waals surface area contributed by atoms with Gasteiger partial charge in [-0.2, -0.15) is 0 Å². The number of carbonyl (C=O) groups is 1. The maximum absolute atomic E-state index is 12.0. The second-order valence-electron chi connectivity index (χ2n) is 3.86. The van der Waals surface area contributed by atoms with Crippen LogP contribution in [0.2, 0.25) is 0 Å². The summed E-state index contributed by atoms with van der Waals surface area (Å²) in [5, 5.41) is 13.1. The van der Waals surface area contributed by atoms with Gasteiger partial charge in [-0.25, -0.2) is 13.1 Å². The lowest BCUT2D eigenvalue weighted by Gasteiger charge is -2.08. The number of sulfonamides is 1. The number of rotatable bonds is 7. The Morgan fingerprint density at radius 1 is 1.43 bits per heavy atom. The third-order valence-electron chi connectivity index (χ3n) is 2.43. The van der Waals surface area contributed by atoms with Gasteiger partial charge in [0.15, 0.2) is 0 Å². The van der Waals surface area contributed by atoms with Gasteiger partial charge < -0.3 is 10.7 Å². The highest BCUT2D eigenvalue weighted by Crippen LogP contribution is 2.26. The van der Waals surface area contributed by atoms with E-state index in [1.165, 1.54) is 0 Å². The van der Waals surface area contributed by atoms with E-state index in [1.807, 2.05) is 0 Å². The van der Waals surface area contributed by atoms with E-state index in [0.717, 1.165) is 18.2 Å². The molecule has 0 heterocycles. The summed E-state index contributed by atoms with van der Waals surface area (Å²) >= 11 is 0. The molecule has 0 unspecified atom stereocenters. The Balaban J connectivity index is 2.98. The molecule has 0 saturated carbocycles. The van der Waals surface area contributed by atoms with E-state index in [-0.39, 0.29) is 16.3 Å². The highest BCUT2D eigenvalue weighted by Gasteiger charge is 2.20. The van der Waals surface area contributed by atoms with Crippen molar-refractivity contribution in [2.45, 2.75) is 11.8 Å². The van der Waals surface area contributed by atoms with Crippen molar-refractivity contribution in [3.8, 4) is 0 Å². The summed E-state index contributed by atoms with van der Waals surface area (Å²) in [4.78, 5) is 21.0. The average Bonchev–Trinajstić information content (AvgIpc) is 2.44. The van der Waals surface area contributed by atoms with E-state index in [2.05, 4.69) is 15.5 Å². The van der Waals surface area contributed by atoms with E-state index < -0.39 is 27.4 Å². The standard InChI is InChI=1S/C10H15N5O5S/c1-2-12-10(16)6-13-21(19,20)7-3-4-9(15(17)18)8(5-7)14-11/h3-5,13-14H,2,6,11H2,1H3,(H,12,16). The van der Waals surface area contributed by atoms with Crippen LogP contribution in [0.15, 0.2) is 23.1 Å². The Hall–Kier alpha value is -2.24. The van der Waals surface area contributed by atoms with Gasteiger partial charge in [-0.3, -0.25) is 20.8 Å². The van der Waals surface area contributed by atoms with Crippen molar-refractivity contribution in [3.05, 3.63) is 28.3 Å². The Morgan fingerprint density at radius 3 is 2.62 bits per heavy atom. The number of hydrazine groups is 1. The van der Waals surface area contributed by atoms with E-state index in [9.17, 15) is 23.3 Å². The number of nitro groups is 1. The van der Waals surface area contributed by atoms with Gasteiger partial charge in [0.05, 0.1) is 16.4 Å². The molecule has 0 atom stereocenters. The van der Waals surface area contributed by atoms with Crippen molar-refractivity contribution in [3.63, 3.8) is 0 Å². The number of amides is 1. The van der Waals surface area contributed by atoms with Gasteiger partial charge in [-0.05, 0) is 19.1 Å². The summed E-state index contributed by atoms with van der Waals surface area (Å²) in [6, 6.07) is 3.08. The zero-order valence-corrected chi connectivity index (χ0v) is 11.9. The molecule has 11 heteroatoms. The highest BCUT2D eigenvalue weighted by molar-refractivity contribution is 7.89. The minimum atomic E-state index is -3.98. The molecule has 21 heavy (non-hydrogen) atoms. The number of nitro benzene ring substituents is 1. The third-order valence-corrected chi connectivity index (χ3v) is 3.83. The molecule has 0 spiro atoms. The van der Waals surface area contributed by atoms with Crippen LogP contribution in [0.5, 0.6) is 0 Å². The average molecular weight is 317 g/mol. The molecule has 10 nitrogen and oxygen atoms in total. The highest BCUT2D eigenvalue weighted by atomic mass is 32.2. The van der Waals surface area contributed by atoms with Crippen LogP contribution in [-0.4, -0.2) is 32.3 Å². The molecule has 0 radical (unpaired) electrons. The molecule has 0 aliphatic heterocycles. The molecule has 0 fully saturated rings. The van der Waals surface area contributed by atoms with Crippen molar-refractivity contribution in [2.75, 3.05) is 18.5 Å². The van der Waals surface area contributed by atoms with E-state index in [4.69, 9.17) is 5.84 Å². The maximum Gasteiger partial charge on any atom is 0.293 e. The number of benzene rings is 1. The van der Waals surface area contributed by atoms with E-state index in [1.54, 1.807) is 6.92 Å². The Morgan fingerprint density at radius 2 is 2.10 bits per heavy atom. The number of nitrogens with two attached hydrogens (primary N) is 1. The second-order valence-corrected chi connectivity index (χ2v) is 5.63. The fraction of sp³-hybridized carbons (Fsp3) is 0.300. The molecule has 1 aromatic carbocycles. The number of anilines is 1. The van der Waals surface area contributed by atoms with Gasteiger partial charge >= 0.3 is 0 Å². The normalized spacial score (nSPS) is 11.0. The minimum absolute atomic E-state index is 0.152. The molecular weight excluding hydrogens is 302 g/mol. The maximum atomic E-state index is 12.0. The van der Waals surface area contributed by atoms with Crippen molar-refractivity contribution in [1.82, 2.24) is 10.0 Å². The molecule has 0 aromatic heterocycles. The first-order valence-electron chi connectivity index (χ1n) is 5.83. The second kappa shape index (κ2) is 6.97. The number of nitrogens with one attached hydrogen (secondary N) is 3. The first-order valence-corrected chi connectivity index (χ1v) is 7.31. The number of hydrogen-bond donors (Lipinski definition) is 4. The summed E-state index contributed by atoms with van der Waals surface area (Å²) in [5.41, 5.74) is 1.55. The van der Waals surface area contributed by atoms with Gasteiger partial charge in [-0.1, -0.05) is 0 Å². The summed E-state index contributed by atoms with van der Waals surface area (Å²) in [7, 11) is -3.98. The third kappa shape index (κ3) is 4.37. The lowest BCUT2D eigenvalue weighted by molar-refractivity contribution is -0.384. The fourth-order valence-corrected chi connectivity index (χ4v) is 2.47. The minimum Gasteiger partial charge on any atom is -0.355 e. The van der Waals surface area contributed by atoms with Gasteiger partial charge in [-0.15, -0.1) is 0 Å². The van der Waals surface area contributed by atoms with Crippen molar-refractivity contribution < 1.29 is 18.1 Å². The number of hydrogen-bond acceptors (Lipinski definition) is 7. The van der Waals surface area contributed by atoms with Crippen molar-refractivity contribution >= 4 is 27.3 Å². The molecule has 1 aromatic rings. The van der Waals surface area contributed by atoms with Gasteiger partial charge in [0.25, 0.3) is 5.69 Å². The molecule has 0 aliphatic rings. The first-order chi connectivity index (χ1) is 9.81. The predicted molar refractivity (Wildman–Crippen MR) is 74.8 cm³/mol. The fourth-order valence-electron chi connectivity index (χ4n) is 1.46. The molecule has 0 bridgehead atoms. The van der Waals surface area contributed by atoms with Crippen LogP contribution in [0.4, 0.5) is 11.4 Å². The smallest absolute Gasteiger partial charge is 0.293 e. The lowest BCUT2D eigenvalue weighted by atomic mass is 10.3. The van der Waals surface area contributed by atoms with Crippen LogP contribution in [-0.2, 0) is 14.8 Å². The molecule has 116 valence electrons. The summed E-state index contributed by atoms with van der Waals surface area (Å²) < 4.78 is 26.0. The largest absolute Gasteiger partial charge is 0.355 e. The number of carbonyl (C=O) groups excluding carboxylic acids is 1. The van der Waals surface area contributed by atoms with Crippen molar-refractivity contribution in [1.29, 1.82) is 0 Å². The first kappa shape index (κ1) is 16.8. The molecule has 0 saturated heterocycles. The van der Waals surface area contributed by atoms with Crippen LogP contribution < -0.4 is 21.3 Å². The Labute approximate surface area is 120 Å². The molecule has 0 aliphatic carbocycles. The number of nitrogens with zero attached hydrogens (tertiary/aromatic N) is 1. The summed E-state index contributed by atoms with van der Waals surface area (Å²) in [5.74, 6) is 4.64. The van der Waals surface area contributed by atoms with Crippen LogP contribution in [0.1, 0.15) is 6.92 Å². The Bertz CT molecular complexity index is 645. The van der Waals surface area contributed by atoms with Crippen LogP contribution in [0.25, 0.3) is 0 Å². The molecule has 1 amide bonds. The van der Waals surface area contributed by atoms with Crippen LogP contribution in [0, 0.1) is 10.1 Å². The van der Waals surface area contributed by atoms with Crippen LogP contribution >= 0.6 is 0 Å². The Kier molecular flexibility index (Phi) is 5.58. The van der Waals surface area contributed by atoms with Crippen molar-refractivity contribution in [2.24, 2.45) is 5.84 Å². The number of likely N-dealkylation sites (N-methyl/N-ethyl adjacent to an activating group) is 1. The van der Waals surface area contributed by atoms with E-state index in [0.29, 0.717) is 6.54 Å². The number of nitrogen functional groups attached to an aromatic ring is 1. The van der Waals surface area contributed by atoms with E-state index >= 15 is 0 Å². The summed E-state index contributed by atoms with van der Waals surface area (Å²) in [6.07, 6.45) is 0. The molecule has 5 N–H and O–H groups in total. The van der Waals surface area contributed by atoms with Gasteiger partial charge in [0, 0.05) is 12.6 Å². The van der Waals surface area contributed by atoms with Gasteiger partial charge in [0.1, 0.15) is 5.69 Å². The molecular formula is C10H15N5O5S. The zero-order valence-electron chi connectivity index (χ0n) is 11.1. The lowest BCUT2D eigenvalue weighted by Crippen LogP contribution is -2.36.